The quantitative estimate of drug-likeness (QED) is 0.444. The SMILES string of the molecule is N#Cc1cccc(NC(=O)COC(=O)C2(P(=O)(c3ccccc3)c3ccccc3)CC2)c1. The Kier molecular flexibility index (Phi) is 5.94. The van der Waals surface area contributed by atoms with E-state index in [1.807, 2.05) is 18.2 Å². The molecule has 1 aliphatic rings. The molecular weight excluding hydrogens is 423 g/mol. The van der Waals surface area contributed by atoms with Gasteiger partial charge in [-0.3, -0.25) is 9.59 Å². The van der Waals surface area contributed by atoms with Crippen molar-refractivity contribution in [1.29, 1.82) is 5.26 Å². The Labute approximate surface area is 186 Å². The van der Waals surface area contributed by atoms with Crippen molar-refractivity contribution < 1.29 is 18.9 Å². The summed E-state index contributed by atoms with van der Waals surface area (Å²) in [4.78, 5) is 25.5. The Bertz CT molecular complexity index is 1190. The second kappa shape index (κ2) is 8.82. The van der Waals surface area contributed by atoms with Crippen molar-refractivity contribution in [2.75, 3.05) is 11.9 Å². The summed E-state index contributed by atoms with van der Waals surface area (Å²) in [5.41, 5.74) is 0.842. The molecule has 0 unspecified atom stereocenters. The number of benzene rings is 3. The molecule has 7 heteroatoms. The van der Waals surface area contributed by atoms with E-state index in [0.29, 0.717) is 34.7 Å². The lowest BCUT2D eigenvalue weighted by molar-refractivity contribution is -0.147. The standard InChI is InChI=1S/C25H21N2O4P/c26-17-19-8-7-9-20(16-19)27-23(28)18-31-24(29)25(14-15-25)32(30,21-10-3-1-4-11-21)22-12-5-2-6-13-22/h1-13,16H,14-15,18H2,(H,27,28). The van der Waals surface area contributed by atoms with E-state index in [2.05, 4.69) is 5.32 Å². The highest BCUT2D eigenvalue weighted by atomic mass is 31.2. The molecule has 0 heterocycles. The molecular formula is C25H21N2O4P. The van der Waals surface area contributed by atoms with Crippen LogP contribution in [0.15, 0.2) is 84.9 Å². The van der Waals surface area contributed by atoms with E-state index in [4.69, 9.17) is 10.00 Å². The van der Waals surface area contributed by atoms with E-state index in [0.717, 1.165) is 0 Å². The maximum atomic E-state index is 14.5. The van der Waals surface area contributed by atoms with Crippen molar-refractivity contribution in [2.45, 2.75) is 18.0 Å². The van der Waals surface area contributed by atoms with Gasteiger partial charge in [0.05, 0.1) is 11.6 Å². The Hall–Kier alpha value is -3.68. The minimum Gasteiger partial charge on any atom is -0.455 e. The first kappa shape index (κ1) is 21.5. The number of carbonyl (C=O) groups excluding carboxylic acids is 2. The van der Waals surface area contributed by atoms with Gasteiger partial charge in [0.25, 0.3) is 5.91 Å². The molecule has 0 aliphatic heterocycles. The average Bonchev–Trinajstić information content (AvgIpc) is 3.66. The number of amides is 1. The van der Waals surface area contributed by atoms with Gasteiger partial charge in [0, 0.05) is 16.3 Å². The van der Waals surface area contributed by atoms with Gasteiger partial charge in [-0.2, -0.15) is 5.26 Å². The fraction of sp³-hybridized carbons (Fsp3) is 0.160. The molecule has 1 fully saturated rings. The number of ether oxygens (including phenoxy) is 1. The van der Waals surface area contributed by atoms with Crippen LogP contribution in [0.2, 0.25) is 0 Å². The summed E-state index contributed by atoms with van der Waals surface area (Å²) in [6.07, 6.45) is 0.859. The molecule has 3 aromatic rings. The first-order chi connectivity index (χ1) is 15.5. The first-order valence-corrected chi connectivity index (χ1v) is 11.9. The van der Waals surface area contributed by atoms with Crippen molar-refractivity contribution in [3.63, 3.8) is 0 Å². The summed E-state index contributed by atoms with van der Waals surface area (Å²) in [6, 6.07) is 26.4. The Balaban J connectivity index is 1.54. The molecule has 0 spiro atoms. The second-order valence-corrected chi connectivity index (χ2v) is 10.7. The van der Waals surface area contributed by atoms with Gasteiger partial charge in [-0.15, -0.1) is 0 Å². The number of nitrogens with one attached hydrogen (secondary N) is 1. The lowest BCUT2D eigenvalue weighted by Gasteiger charge is -2.27. The van der Waals surface area contributed by atoms with Crippen molar-refractivity contribution in [2.24, 2.45) is 0 Å². The number of esters is 1. The zero-order valence-corrected chi connectivity index (χ0v) is 18.1. The summed E-state index contributed by atoms with van der Waals surface area (Å²) in [6.45, 7) is -0.499. The van der Waals surface area contributed by atoms with Crippen molar-refractivity contribution in [1.82, 2.24) is 0 Å². The van der Waals surface area contributed by atoms with Crippen LogP contribution in [-0.4, -0.2) is 23.6 Å². The van der Waals surface area contributed by atoms with Crippen LogP contribution in [0, 0.1) is 11.3 Å². The molecule has 0 saturated heterocycles. The van der Waals surface area contributed by atoms with Crippen LogP contribution in [0.3, 0.4) is 0 Å². The van der Waals surface area contributed by atoms with E-state index in [9.17, 15) is 14.2 Å². The molecule has 1 saturated carbocycles. The van der Waals surface area contributed by atoms with Crippen LogP contribution >= 0.6 is 7.14 Å². The molecule has 1 N–H and O–H groups in total. The molecule has 0 bridgehead atoms. The van der Waals surface area contributed by atoms with Gasteiger partial charge in [0.15, 0.2) is 13.7 Å². The molecule has 4 rings (SSSR count). The number of nitrogens with zero attached hydrogens (tertiary/aromatic N) is 1. The number of hydrogen-bond acceptors (Lipinski definition) is 5. The first-order valence-electron chi connectivity index (χ1n) is 10.2. The van der Waals surface area contributed by atoms with Crippen LogP contribution in [0.1, 0.15) is 18.4 Å². The normalized spacial score (nSPS) is 14.1. The Morgan fingerprint density at radius 3 is 2.06 bits per heavy atom. The highest BCUT2D eigenvalue weighted by Crippen LogP contribution is 2.68. The summed E-state index contributed by atoms with van der Waals surface area (Å²) in [7, 11) is -3.35. The summed E-state index contributed by atoms with van der Waals surface area (Å²) < 4.78 is 19.9. The van der Waals surface area contributed by atoms with E-state index >= 15 is 0 Å². The van der Waals surface area contributed by atoms with E-state index < -0.39 is 30.8 Å². The topological polar surface area (TPSA) is 96.3 Å². The second-order valence-electron chi connectivity index (χ2n) is 7.63. The number of rotatable bonds is 7. The molecule has 1 amide bonds. The van der Waals surface area contributed by atoms with Crippen LogP contribution in [0.4, 0.5) is 5.69 Å². The lowest BCUT2D eigenvalue weighted by Crippen LogP contribution is -2.36. The summed E-state index contributed by atoms with van der Waals surface area (Å²) >= 11 is 0. The van der Waals surface area contributed by atoms with Gasteiger partial charge < -0.3 is 14.6 Å². The zero-order valence-electron chi connectivity index (χ0n) is 17.2. The lowest BCUT2D eigenvalue weighted by atomic mass is 10.2. The molecule has 6 nitrogen and oxygen atoms in total. The third-order valence-electron chi connectivity index (χ3n) is 5.56. The van der Waals surface area contributed by atoms with Gasteiger partial charge in [-0.05, 0) is 31.0 Å². The largest absolute Gasteiger partial charge is 0.455 e. The number of anilines is 1. The third-order valence-corrected chi connectivity index (χ3v) is 9.44. The summed E-state index contributed by atoms with van der Waals surface area (Å²) in [5.74, 6) is -1.16. The van der Waals surface area contributed by atoms with Crippen LogP contribution < -0.4 is 15.9 Å². The number of carbonyl (C=O) groups is 2. The van der Waals surface area contributed by atoms with E-state index in [-0.39, 0.29) is 0 Å². The third kappa shape index (κ3) is 3.95. The van der Waals surface area contributed by atoms with Crippen LogP contribution in [0.25, 0.3) is 0 Å². The maximum Gasteiger partial charge on any atom is 0.320 e. The maximum absolute atomic E-state index is 14.5. The fourth-order valence-electron chi connectivity index (χ4n) is 3.81. The molecule has 32 heavy (non-hydrogen) atoms. The average molecular weight is 444 g/mol. The van der Waals surface area contributed by atoms with Gasteiger partial charge in [-0.1, -0.05) is 66.7 Å². The monoisotopic (exact) mass is 444 g/mol. The predicted octanol–water partition coefficient (Wildman–Crippen LogP) is 3.59. The molecule has 0 aromatic heterocycles. The zero-order chi connectivity index (χ0) is 22.6. The summed E-state index contributed by atoms with van der Waals surface area (Å²) in [5, 5.41) is 11.6. The van der Waals surface area contributed by atoms with E-state index in [1.54, 1.807) is 66.7 Å². The van der Waals surface area contributed by atoms with Gasteiger partial charge in [-0.25, -0.2) is 0 Å². The minimum absolute atomic E-state index is 0.406. The van der Waals surface area contributed by atoms with Gasteiger partial charge in [0.2, 0.25) is 0 Å². The van der Waals surface area contributed by atoms with Gasteiger partial charge in [0.1, 0.15) is 5.16 Å². The van der Waals surface area contributed by atoms with Gasteiger partial charge >= 0.3 is 5.97 Å². The Morgan fingerprint density at radius 2 is 1.53 bits per heavy atom. The van der Waals surface area contributed by atoms with Crippen molar-refractivity contribution in [3.8, 4) is 6.07 Å². The highest BCUT2D eigenvalue weighted by molar-refractivity contribution is 7.81. The minimum atomic E-state index is -3.35. The molecule has 1 aliphatic carbocycles. The predicted molar refractivity (Wildman–Crippen MR) is 122 cm³/mol. The fourth-order valence-corrected chi connectivity index (χ4v) is 7.35. The number of hydrogen-bond donors (Lipinski definition) is 1. The molecule has 160 valence electrons. The van der Waals surface area contributed by atoms with Crippen LogP contribution in [0.5, 0.6) is 0 Å². The molecule has 3 aromatic carbocycles. The number of nitriles is 1. The Morgan fingerprint density at radius 1 is 0.938 bits per heavy atom. The molecule has 0 atom stereocenters. The van der Waals surface area contributed by atoms with Crippen molar-refractivity contribution in [3.05, 3.63) is 90.5 Å². The van der Waals surface area contributed by atoms with E-state index in [1.165, 1.54) is 6.07 Å². The highest BCUT2D eigenvalue weighted by Gasteiger charge is 2.65. The van der Waals surface area contributed by atoms with Crippen LogP contribution in [-0.2, 0) is 18.9 Å². The molecule has 0 radical (unpaired) electrons. The smallest absolute Gasteiger partial charge is 0.320 e. The van der Waals surface area contributed by atoms with Crippen molar-refractivity contribution >= 4 is 35.3 Å².